The molecular weight excluding hydrogens is 416 g/mol. The van der Waals surface area contributed by atoms with E-state index in [0.29, 0.717) is 26.4 Å². The highest BCUT2D eigenvalue weighted by atomic mass is 32.1. The van der Waals surface area contributed by atoms with Crippen LogP contribution in [0.25, 0.3) is 9.75 Å². The molecule has 6 heteroatoms. The van der Waals surface area contributed by atoms with Gasteiger partial charge in [0.1, 0.15) is 26.4 Å². The maximum atomic E-state index is 6.21. The smallest absolute Gasteiger partial charge is 0.181 e. The summed E-state index contributed by atoms with van der Waals surface area (Å²) in [6.45, 7) is 16.1. The normalized spacial score (nSPS) is 16.1. The van der Waals surface area contributed by atoms with Crippen LogP contribution < -0.4 is 18.9 Å². The molecule has 0 aliphatic carbocycles. The van der Waals surface area contributed by atoms with Gasteiger partial charge in [-0.2, -0.15) is 0 Å². The van der Waals surface area contributed by atoms with Gasteiger partial charge in [-0.05, 0) is 25.7 Å². The van der Waals surface area contributed by atoms with E-state index in [2.05, 4.69) is 41.5 Å². The van der Waals surface area contributed by atoms with Crippen molar-refractivity contribution >= 4 is 22.7 Å². The van der Waals surface area contributed by atoms with E-state index in [1.807, 2.05) is 22.7 Å². The van der Waals surface area contributed by atoms with Gasteiger partial charge in [0, 0.05) is 10.8 Å². The molecule has 0 spiro atoms. The minimum atomic E-state index is 0.0760. The molecular formula is C24H34O4S2. The summed E-state index contributed by atoms with van der Waals surface area (Å²) in [5, 5.41) is 0. The van der Waals surface area contributed by atoms with E-state index in [0.717, 1.165) is 58.4 Å². The van der Waals surface area contributed by atoms with Crippen molar-refractivity contribution in [1.82, 2.24) is 0 Å². The highest BCUT2D eigenvalue weighted by Gasteiger charge is 2.40. The molecule has 0 unspecified atom stereocenters. The maximum absolute atomic E-state index is 6.21. The van der Waals surface area contributed by atoms with Gasteiger partial charge in [-0.25, -0.2) is 0 Å². The van der Waals surface area contributed by atoms with E-state index in [1.165, 1.54) is 9.75 Å². The lowest BCUT2D eigenvalue weighted by Crippen LogP contribution is -2.21. The SMILES string of the molecule is CCC(C)(CC)c1sc(-c2sc(C(C)(CC)CC)c3c2OCCO3)c2c1OCCO2. The Balaban J connectivity index is 1.94. The topological polar surface area (TPSA) is 36.9 Å². The third-order valence-corrected chi connectivity index (χ3v) is 10.3. The maximum Gasteiger partial charge on any atom is 0.181 e. The number of hydrogen-bond donors (Lipinski definition) is 0. The predicted molar refractivity (Wildman–Crippen MR) is 125 cm³/mol. The van der Waals surface area contributed by atoms with E-state index >= 15 is 0 Å². The molecule has 0 amide bonds. The molecule has 0 N–H and O–H groups in total. The van der Waals surface area contributed by atoms with Gasteiger partial charge < -0.3 is 18.9 Å². The minimum absolute atomic E-state index is 0.0760. The molecule has 2 aliphatic heterocycles. The summed E-state index contributed by atoms with van der Waals surface area (Å²) in [7, 11) is 0. The van der Waals surface area contributed by atoms with Gasteiger partial charge in [-0.3, -0.25) is 0 Å². The molecule has 0 fully saturated rings. The number of thiophene rings is 2. The van der Waals surface area contributed by atoms with E-state index in [4.69, 9.17) is 18.9 Å². The molecule has 2 aromatic heterocycles. The highest BCUT2D eigenvalue weighted by molar-refractivity contribution is 7.23. The fourth-order valence-corrected chi connectivity index (χ4v) is 7.21. The van der Waals surface area contributed by atoms with Crippen LogP contribution in [0.15, 0.2) is 0 Å². The van der Waals surface area contributed by atoms with Gasteiger partial charge in [0.05, 0.1) is 19.5 Å². The number of fused-ring (bicyclic) bond motifs is 2. The number of ether oxygens (including phenoxy) is 4. The zero-order valence-electron chi connectivity index (χ0n) is 19.1. The summed E-state index contributed by atoms with van der Waals surface area (Å²) < 4.78 is 24.8. The van der Waals surface area contributed by atoms with Gasteiger partial charge in [0.2, 0.25) is 0 Å². The average molecular weight is 451 g/mol. The lowest BCUT2D eigenvalue weighted by atomic mass is 9.82. The minimum Gasteiger partial charge on any atom is -0.485 e. The van der Waals surface area contributed by atoms with Gasteiger partial charge in [0.25, 0.3) is 0 Å². The Kier molecular flexibility index (Phi) is 6.01. The summed E-state index contributed by atoms with van der Waals surface area (Å²) in [5.74, 6) is 3.69. The second kappa shape index (κ2) is 8.27. The molecule has 4 heterocycles. The molecule has 4 rings (SSSR count). The number of rotatable bonds is 7. The Morgan fingerprint density at radius 1 is 0.567 bits per heavy atom. The predicted octanol–water partition coefficient (Wildman–Crippen LogP) is 7.17. The first kappa shape index (κ1) is 21.8. The molecule has 0 aromatic carbocycles. The Bertz CT molecular complexity index is 829. The van der Waals surface area contributed by atoms with E-state index in [-0.39, 0.29) is 10.8 Å². The summed E-state index contributed by atoms with van der Waals surface area (Å²) >= 11 is 3.64. The second-order valence-corrected chi connectivity index (χ2v) is 10.8. The van der Waals surface area contributed by atoms with Crippen LogP contribution >= 0.6 is 22.7 Å². The summed E-state index contributed by atoms with van der Waals surface area (Å²) in [4.78, 5) is 4.87. The van der Waals surface area contributed by atoms with Crippen molar-refractivity contribution in [3.63, 3.8) is 0 Å². The molecule has 4 nitrogen and oxygen atoms in total. The van der Waals surface area contributed by atoms with Crippen molar-refractivity contribution in [1.29, 1.82) is 0 Å². The van der Waals surface area contributed by atoms with Crippen molar-refractivity contribution in [3.05, 3.63) is 9.75 Å². The molecule has 0 radical (unpaired) electrons. The summed E-state index contributed by atoms with van der Waals surface area (Å²) in [5.41, 5.74) is 0.152. The van der Waals surface area contributed by atoms with Gasteiger partial charge in [-0.15, -0.1) is 22.7 Å². The van der Waals surface area contributed by atoms with Crippen molar-refractivity contribution in [2.75, 3.05) is 26.4 Å². The Morgan fingerprint density at radius 2 is 0.867 bits per heavy atom. The molecule has 2 aliphatic rings. The summed E-state index contributed by atoms with van der Waals surface area (Å²) in [6, 6.07) is 0. The average Bonchev–Trinajstić information content (AvgIpc) is 3.37. The fraction of sp³-hybridized carbons (Fsp3) is 0.667. The van der Waals surface area contributed by atoms with Crippen LogP contribution in [0.4, 0.5) is 0 Å². The number of hydrogen-bond acceptors (Lipinski definition) is 6. The molecule has 0 bridgehead atoms. The Morgan fingerprint density at radius 3 is 1.17 bits per heavy atom. The first-order chi connectivity index (χ1) is 14.4. The van der Waals surface area contributed by atoms with Crippen LogP contribution in [0.5, 0.6) is 23.0 Å². The zero-order chi connectivity index (χ0) is 21.5. The Labute approximate surface area is 188 Å². The van der Waals surface area contributed by atoms with Crippen LogP contribution in [-0.4, -0.2) is 26.4 Å². The van der Waals surface area contributed by atoms with E-state index in [1.54, 1.807) is 0 Å². The van der Waals surface area contributed by atoms with E-state index in [9.17, 15) is 0 Å². The van der Waals surface area contributed by atoms with Crippen LogP contribution in [0, 0.1) is 0 Å². The molecule has 2 aromatic rings. The highest BCUT2D eigenvalue weighted by Crippen LogP contribution is 2.61. The van der Waals surface area contributed by atoms with Crippen LogP contribution in [0.2, 0.25) is 0 Å². The van der Waals surface area contributed by atoms with Crippen LogP contribution in [0.1, 0.15) is 77.0 Å². The quantitative estimate of drug-likeness (QED) is 0.448. The molecule has 30 heavy (non-hydrogen) atoms. The summed E-state index contributed by atoms with van der Waals surface area (Å²) in [6.07, 6.45) is 4.26. The standard InChI is InChI=1S/C24H34O4S2/c1-7-23(5,8-2)21-17-15(25-11-13-27-17)19(29-21)20-16-18(28-14-12-26-16)22(30-20)24(6,9-3)10-4/h7-14H2,1-6H3. The first-order valence-corrected chi connectivity index (χ1v) is 12.9. The van der Waals surface area contributed by atoms with Crippen LogP contribution in [-0.2, 0) is 10.8 Å². The lowest BCUT2D eigenvalue weighted by molar-refractivity contribution is 0.168. The van der Waals surface area contributed by atoms with Crippen molar-refractivity contribution < 1.29 is 18.9 Å². The monoisotopic (exact) mass is 450 g/mol. The first-order valence-electron chi connectivity index (χ1n) is 11.3. The molecule has 0 saturated heterocycles. The van der Waals surface area contributed by atoms with Gasteiger partial charge in [0.15, 0.2) is 23.0 Å². The fourth-order valence-electron chi connectivity index (χ4n) is 4.14. The second-order valence-electron chi connectivity index (χ2n) is 8.77. The van der Waals surface area contributed by atoms with Crippen molar-refractivity contribution in [3.8, 4) is 32.8 Å². The molecule has 0 saturated carbocycles. The largest absolute Gasteiger partial charge is 0.485 e. The van der Waals surface area contributed by atoms with Crippen molar-refractivity contribution in [2.24, 2.45) is 0 Å². The van der Waals surface area contributed by atoms with E-state index < -0.39 is 0 Å². The third-order valence-electron chi connectivity index (χ3n) is 7.22. The van der Waals surface area contributed by atoms with Crippen molar-refractivity contribution in [2.45, 2.75) is 78.1 Å². The molecule has 166 valence electrons. The van der Waals surface area contributed by atoms with Gasteiger partial charge in [-0.1, -0.05) is 41.5 Å². The third kappa shape index (κ3) is 3.31. The van der Waals surface area contributed by atoms with Crippen LogP contribution in [0.3, 0.4) is 0 Å². The lowest BCUT2D eigenvalue weighted by Gasteiger charge is -2.27. The Hall–Kier alpha value is -1.40. The zero-order valence-corrected chi connectivity index (χ0v) is 20.7. The van der Waals surface area contributed by atoms with Gasteiger partial charge >= 0.3 is 0 Å². The molecule has 0 atom stereocenters.